The van der Waals surface area contributed by atoms with Crippen LogP contribution in [0.25, 0.3) is 0 Å². The van der Waals surface area contributed by atoms with Crippen molar-refractivity contribution < 1.29 is 23.0 Å². The summed E-state index contributed by atoms with van der Waals surface area (Å²) in [6.45, 7) is 0.271. The number of halogens is 2. The molecule has 0 saturated heterocycles. The van der Waals surface area contributed by atoms with E-state index in [2.05, 4.69) is 10.6 Å². The molecule has 2 N–H and O–H groups in total. The van der Waals surface area contributed by atoms with Crippen molar-refractivity contribution in [2.75, 3.05) is 18.5 Å². The van der Waals surface area contributed by atoms with Crippen molar-refractivity contribution >= 4 is 11.7 Å². The summed E-state index contributed by atoms with van der Waals surface area (Å²) >= 11 is 0. The Morgan fingerprint density at radius 2 is 1.61 bits per heavy atom. The van der Waals surface area contributed by atoms with E-state index in [9.17, 15) is 13.6 Å². The van der Waals surface area contributed by atoms with Crippen LogP contribution in [0.1, 0.15) is 0 Å². The summed E-state index contributed by atoms with van der Waals surface area (Å²) in [4.78, 5) is 12.1. The van der Waals surface area contributed by atoms with Gasteiger partial charge in [-0.25, -0.2) is 13.6 Å². The third kappa shape index (κ3) is 5.44. The molecule has 0 heterocycles. The van der Waals surface area contributed by atoms with Crippen LogP contribution in [0.3, 0.4) is 0 Å². The van der Waals surface area contributed by atoms with Gasteiger partial charge in [-0.2, -0.15) is 0 Å². The Balaban J connectivity index is 1.49. The Bertz CT molecular complexity index is 936. The Labute approximate surface area is 160 Å². The maximum atomic E-state index is 13.1. The average molecular weight is 384 g/mol. The third-order valence-electron chi connectivity index (χ3n) is 3.65. The zero-order valence-electron chi connectivity index (χ0n) is 14.8. The standard InChI is InChI=1S/C21H18F2N2O3/c22-17-11-10-16(14-18(17)23)27-13-12-24-21(26)25-19-8-4-5-9-20(19)28-15-6-2-1-3-7-15/h1-11,14H,12-13H2,(H2,24,25,26). The number of rotatable bonds is 7. The smallest absolute Gasteiger partial charge is 0.319 e. The summed E-state index contributed by atoms with van der Waals surface area (Å²) in [6.07, 6.45) is 0. The van der Waals surface area contributed by atoms with Gasteiger partial charge < -0.3 is 20.1 Å². The molecular formula is C21H18F2N2O3. The van der Waals surface area contributed by atoms with Gasteiger partial charge in [0.1, 0.15) is 18.1 Å². The first-order chi connectivity index (χ1) is 13.6. The van der Waals surface area contributed by atoms with Gasteiger partial charge in [0, 0.05) is 6.07 Å². The molecule has 5 nitrogen and oxygen atoms in total. The number of benzene rings is 3. The Morgan fingerprint density at radius 1 is 0.857 bits per heavy atom. The monoisotopic (exact) mass is 384 g/mol. The SMILES string of the molecule is O=C(NCCOc1ccc(F)c(F)c1)Nc1ccccc1Oc1ccccc1. The van der Waals surface area contributed by atoms with Crippen LogP contribution in [-0.2, 0) is 0 Å². The highest BCUT2D eigenvalue weighted by Crippen LogP contribution is 2.28. The molecule has 3 aromatic carbocycles. The van der Waals surface area contributed by atoms with E-state index in [-0.39, 0.29) is 18.9 Å². The molecule has 0 aliphatic carbocycles. The van der Waals surface area contributed by atoms with Crippen molar-refractivity contribution in [1.29, 1.82) is 0 Å². The van der Waals surface area contributed by atoms with Gasteiger partial charge in [-0.3, -0.25) is 0 Å². The molecule has 0 saturated carbocycles. The van der Waals surface area contributed by atoms with E-state index < -0.39 is 17.7 Å². The van der Waals surface area contributed by atoms with E-state index in [1.165, 1.54) is 6.07 Å². The van der Waals surface area contributed by atoms with Gasteiger partial charge in [-0.05, 0) is 36.4 Å². The number of nitrogens with one attached hydrogen (secondary N) is 2. The van der Waals surface area contributed by atoms with E-state index in [0.717, 1.165) is 12.1 Å². The highest BCUT2D eigenvalue weighted by Gasteiger charge is 2.08. The van der Waals surface area contributed by atoms with Crippen LogP contribution >= 0.6 is 0 Å². The van der Waals surface area contributed by atoms with E-state index in [1.807, 2.05) is 30.3 Å². The molecule has 144 valence electrons. The zero-order valence-corrected chi connectivity index (χ0v) is 14.8. The lowest BCUT2D eigenvalue weighted by Crippen LogP contribution is -2.32. The van der Waals surface area contributed by atoms with Crippen LogP contribution in [-0.4, -0.2) is 19.2 Å². The second-order valence-electron chi connectivity index (χ2n) is 5.72. The van der Waals surface area contributed by atoms with Gasteiger partial charge in [-0.1, -0.05) is 30.3 Å². The summed E-state index contributed by atoms with van der Waals surface area (Å²) in [5.41, 5.74) is 0.505. The first-order valence-electron chi connectivity index (χ1n) is 8.56. The Kier molecular flexibility index (Phi) is 6.41. The van der Waals surface area contributed by atoms with Gasteiger partial charge in [0.2, 0.25) is 0 Å². The summed E-state index contributed by atoms with van der Waals surface area (Å²) in [7, 11) is 0. The predicted octanol–water partition coefficient (Wildman–Crippen LogP) is 4.96. The summed E-state index contributed by atoms with van der Waals surface area (Å²) in [6, 6.07) is 19.1. The van der Waals surface area contributed by atoms with Crippen LogP contribution in [0.4, 0.5) is 19.3 Å². The van der Waals surface area contributed by atoms with Gasteiger partial charge in [0.15, 0.2) is 17.4 Å². The van der Waals surface area contributed by atoms with Gasteiger partial charge in [0.05, 0.1) is 12.2 Å². The lowest BCUT2D eigenvalue weighted by atomic mass is 10.3. The molecular weight excluding hydrogens is 366 g/mol. The minimum Gasteiger partial charge on any atom is -0.492 e. The van der Waals surface area contributed by atoms with Crippen LogP contribution in [0.15, 0.2) is 72.8 Å². The molecule has 0 bridgehead atoms. The molecule has 0 unspecified atom stereocenters. The quantitative estimate of drug-likeness (QED) is 0.566. The molecule has 0 radical (unpaired) electrons. The number of anilines is 1. The second-order valence-corrected chi connectivity index (χ2v) is 5.72. The molecule has 28 heavy (non-hydrogen) atoms. The molecule has 3 rings (SSSR count). The van der Waals surface area contributed by atoms with Crippen molar-refractivity contribution in [3.05, 3.63) is 84.4 Å². The summed E-state index contributed by atoms with van der Waals surface area (Å²) in [5.74, 6) is -0.596. The highest BCUT2D eigenvalue weighted by atomic mass is 19.2. The van der Waals surface area contributed by atoms with Crippen molar-refractivity contribution in [2.45, 2.75) is 0 Å². The first-order valence-corrected chi connectivity index (χ1v) is 8.56. The highest BCUT2D eigenvalue weighted by molar-refractivity contribution is 5.90. The second kappa shape index (κ2) is 9.36. The van der Waals surface area contributed by atoms with Crippen LogP contribution in [0.2, 0.25) is 0 Å². The molecule has 2 amide bonds. The van der Waals surface area contributed by atoms with Crippen LogP contribution in [0.5, 0.6) is 17.2 Å². The largest absolute Gasteiger partial charge is 0.492 e. The molecule has 0 spiro atoms. The van der Waals surface area contributed by atoms with Gasteiger partial charge >= 0.3 is 6.03 Å². The maximum Gasteiger partial charge on any atom is 0.319 e. The van der Waals surface area contributed by atoms with E-state index in [4.69, 9.17) is 9.47 Å². The number of carbonyl (C=O) groups is 1. The van der Waals surface area contributed by atoms with Crippen molar-refractivity contribution in [3.8, 4) is 17.2 Å². The summed E-state index contributed by atoms with van der Waals surface area (Å²) in [5, 5.41) is 5.33. The van der Waals surface area contributed by atoms with Crippen LogP contribution < -0.4 is 20.1 Å². The minimum absolute atomic E-state index is 0.0979. The lowest BCUT2D eigenvalue weighted by Gasteiger charge is -2.13. The van der Waals surface area contributed by atoms with E-state index in [0.29, 0.717) is 17.2 Å². The topological polar surface area (TPSA) is 59.6 Å². The number of ether oxygens (including phenoxy) is 2. The molecule has 0 atom stereocenters. The normalized spacial score (nSPS) is 10.2. The fourth-order valence-electron chi connectivity index (χ4n) is 2.34. The Hall–Kier alpha value is -3.61. The first kappa shape index (κ1) is 19.2. The number of hydrogen-bond donors (Lipinski definition) is 2. The maximum absolute atomic E-state index is 13.1. The van der Waals surface area contributed by atoms with Crippen molar-refractivity contribution in [2.24, 2.45) is 0 Å². The number of urea groups is 1. The number of amides is 2. The van der Waals surface area contributed by atoms with Crippen molar-refractivity contribution in [1.82, 2.24) is 5.32 Å². The van der Waals surface area contributed by atoms with E-state index >= 15 is 0 Å². The zero-order chi connectivity index (χ0) is 19.8. The van der Waals surface area contributed by atoms with E-state index in [1.54, 1.807) is 24.3 Å². The predicted molar refractivity (Wildman–Crippen MR) is 102 cm³/mol. The number of hydrogen-bond acceptors (Lipinski definition) is 3. The van der Waals surface area contributed by atoms with Crippen LogP contribution in [0, 0.1) is 11.6 Å². The lowest BCUT2D eigenvalue weighted by molar-refractivity contribution is 0.247. The average Bonchev–Trinajstić information content (AvgIpc) is 2.70. The third-order valence-corrected chi connectivity index (χ3v) is 3.65. The molecule has 0 aliphatic heterocycles. The van der Waals surface area contributed by atoms with Gasteiger partial charge in [0.25, 0.3) is 0 Å². The molecule has 3 aromatic rings. The fraction of sp³-hybridized carbons (Fsp3) is 0.0952. The summed E-state index contributed by atoms with van der Waals surface area (Å²) < 4.78 is 37.0. The molecule has 0 aromatic heterocycles. The Morgan fingerprint density at radius 3 is 2.39 bits per heavy atom. The van der Waals surface area contributed by atoms with Crippen molar-refractivity contribution in [3.63, 3.8) is 0 Å². The van der Waals surface area contributed by atoms with Gasteiger partial charge in [-0.15, -0.1) is 0 Å². The molecule has 0 fully saturated rings. The molecule has 0 aliphatic rings. The number of carbonyl (C=O) groups excluding carboxylic acids is 1. The molecule has 7 heteroatoms. The number of para-hydroxylation sites is 3. The fourth-order valence-corrected chi connectivity index (χ4v) is 2.34. The minimum atomic E-state index is -0.988.